The minimum atomic E-state index is 0.796. The van der Waals surface area contributed by atoms with Crippen molar-refractivity contribution in [2.75, 3.05) is 12.5 Å². The first-order valence-corrected chi connectivity index (χ1v) is 8.60. The first-order chi connectivity index (χ1) is 11.8. The van der Waals surface area contributed by atoms with Gasteiger partial charge in [-0.25, -0.2) is 4.98 Å². The van der Waals surface area contributed by atoms with E-state index in [1.165, 1.54) is 4.88 Å². The molecule has 0 aliphatic carbocycles. The van der Waals surface area contributed by atoms with Crippen LogP contribution >= 0.6 is 11.3 Å². The fourth-order valence-corrected chi connectivity index (χ4v) is 3.22. The molecule has 0 unspecified atom stereocenters. The second-order valence-corrected chi connectivity index (χ2v) is 6.24. The van der Waals surface area contributed by atoms with Crippen LogP contribution in [0.2, 0.25) is 0 Å². The summed E-state index contributed by atoms with van der Waals surface area (Å²) in [7, 11) is 1.65. The molecule has 122 valence electrons. The Labute approximate surface area is 145 Å². The molecule has 0 radical (unpaired) electrons. The van der Waals surface area contributed by atoms with Gasteiger partial charge >= 0.3 is 0 Å². The van der Waals surface area contributed by atoms with Crippen molar-refractivity contribution in [1.29, 1.82) is 0 Å². The topological polar surface area (TPSA) is 46.5 Å². The number of aryl methyl sites for hydroxylation is 1. The van der Waals surface area contributed by atoms with E-state index in [0.717, 1.165) is 34.1 Å². The van der Waals surface area contributed by atoms with Crippen molar-refractivity contribution >= 4 is 22.7 Å². The smallest absolute Gasteiger partial charge is 0.204 e. The molecule has 0 saturated carbocycles. The number of nitrogens with zero attached hydrogens (tertiary/aromatic N) is 2. The number of hydrogen-bond donors (Lipinski definition) is 1. The first kappa shape index (κ1) is 16.2. The Morgan fingerprint density at radius 2 is 2.00 bits per heavy atom. The largest absolute Gasteiger partial charge is 0.497 e. The Balaban J connectivity index is 1.76. The van der Waals surface area contributed by atoms with Gasteiger partial charge in [-0.15, -0.1) is 0 Å². The molecule has 1 N–H and O–H groups in total. The molecule has 0 aliphatic heterocycles. The fourth-order valence-electron chi connectivity index (χ4n) is 2.34. The molecule has 0 fully saturated rings. The molecule has 4 nitrogen and oxygen atoms in total. The van der Waals surface area contributed by atoms with E-state index in [4.69, 9.17) is 4.74 Å². The molecule has 1 aromatic heterocycles. The minimum Gasteiger partial charge on any atom is -0.497 e. The van der Waals surface area contributed by atoms with Crippen LogP contribution < -0.4 is 10.2 Å². The maximum absolute atomic E-state index is 5.21. The van der Waals surface area contributed by atoms with Gasteiger partial charge in [-0.2, -0.15) is 5.10 Å². The van der Waals surface area contributed by atoms with Crippen LogP contribution in [0, 0.1) is 0 Å². The summed E-state index contributed by atoms with van der Waals surface area (Å²) in [5, 5.41) is 5.08. The molecular formula is C19H19N3OS. The lowest BCUT2D eigenvalue weighted by Gasteiger charge is -1.99. The molecule has 0 saturated heterocycles. The van der Waals surface area contributed by atoms with Crippen LogP contribution in [-0.4, -0.2) is 18.3 Å². The van der Waals surface area contributed by atoms with Crippen LogP contribution in [0.4, 0.5) is 5.13 Å². The number of hydrogen-bond acceptors (Lipinski definition) is 5. The Bertz CT molecular complexity index is 828. The van der Waals surface area contributed by atoms with Gasteiger partial charge in [0.2, 0.25) is 5.13 Å². The van der Waals surface area contributed by atoms with Gasteiger partial charge < -0.3 is 4.74 Å². The zero-order valence-corrected chi connectivity index (χ0v) is 14.5. The van der Waals surface area contributed by atoms with Crippen molar-refractivity contribution < 1.29 is 4.74 Å². The average Bonchev–Trinajstić information content (AvgIpc) is 3.06. The maximum Gasteiger partial charge on any atom is 0.204 e. The van der Waals surface area contributed by atoms with Crippen LogP contribution in [0.3, 0.4) is 0 Å². The van der Waals surface area contributed by atoms with E-state index in [2.05, 4.69) is 34.6 Å². The summed E-state index contributed by atoms with van der Waals surface area (Å²) in [6.45, 7) is 2.14. The normalized spacial score (nSPS) is 10.9. The highest BCUT2D eigenvalue weighted by molar-refractivity contribution is 7.16. The summed E-state index contributed by atoms with van der Waals surface area (Å²) >= 11 is 1.64. The second kappa shape index (κ2) is 7.75. The summed E-state index contributed by atoms with van der Waals surface area (Å²) < 4.78 is 5.21. The Morgan fingerprint density at radius 1 is 1.17 bits per heavy atom. The van der Waals surface area contributed by atoms with E-state index in [0.29, 0.717) is 0 Å². The maximum atomic E-state index is 5.21. The molecule has 2 aromatic carbocycles. The lowest BCUT2D eigenvalue weighted by Crippen LogP contribution is -1.91. The molecule has 24 heavy (non-hydrogen) atoms. The monoisotopic (exact) mass is 337 g/mol. The third-order valence-corrected chi connectivity index (χ3v) is 4.64. The Hall–Kier alpha value is -2.66. The summed E-state index contributed by atoms with van der Waals surface area (Å²) in [6, 6.07) is 18.0. The van der Waals surface area contributed by atoms with E-state index in [1.807, 2.05) is 42.5 Å². The Kier molecular flexibility index (Phi) is 5.23. The summed E-state index contributed by atoms with van der Waals surface area (Å²) in [5.74, 6) is 0.813. The standard InChI is InChI=1S/C19H19N3OS/c1-3-17-18(15-9-5-4-6-10-15)21-19(24-17)22-20-13-14-8-7-11-16(12-14)23-2/h4-13H,3H2,1-2H3,(H,21,22). The van der Waals surface area contributed by atoms with Crippen molar-refractivity contribution in [1.82, 2.24) is 4.98 Å². The molecule has 0 bridgehead atoms. The highest BCUT2D eigenvalue weighted by Gasteiger charge is 2.10. The highest BCUT2D eigenvalue weighted by atomic mass is 32.1. The molecule has 0 aliphatic rings. The molecular weight excluding hydrogens is 318 g/mol. The molecule has 0 spiro atoms. The van der Waals surface area contributed by atoms with Crippen molar-refractivity contribution in [3.63, 3.8) is 0 Å². The lowest BCUT2D eigenvalue weighted by molar-refractivity contribution is 0.415. The lowest BCUT2D eigenvalue weighted by atomic mass is 10.1. The second-order valence-electron chi connectivity index (χ2n) is 5.16. The van der Waals surface area contributed by atoms with Gasteiger partial charge in [0.25, 0.3) is 0 Å². The number of anilines is 1. The molecule has 5 heteroatoms. The van der Waals surface area contributed by atoms with Crippen LogP contribution in [0.15, 0.2) is 59.7 Å². The van der Waals surface area contributed by atoms with Gasteiger partial charge in [0.15, 0.2) is 0 Å². The third-order valence-electron chi connectivity index (χ3n) is 3.53. The average molecular weight is 337 g/mol. The van der Waals surface area contributed by atoms with Crippen LogP contribution in [0.1, 0.15) is 17.4 Å². The summed E-state index contributed by atoms with van der Waals surface area (Å²) in [4.78, 5) is 5.94. The first-order valence-electron chi connectivity index (χ1n) is 7.78. The molecule has 3 rings (SSSR count). The van der Waals surface area contributed by atoms with Crippen molar-refractivity contribution in [3.05, 3.63) is 65.0 Å². The predicted octanol–water partition coefficient (Wildman–Crippen LogP) is 4.83. The van der Waals surface area contributed by atoms with Gasteiger partial charge in [0.1, 0.15) is 5.75 Å². The molecule has 0 amide bonds. The quantitative estimate of drug-likeness (QED) is 0.518. The van der Waals surface area contributed by atoms with Gasteiger partial charge in [0.05, 0.1) is 19.0 Å². The zero-order valence-electron chi connectivity index (χ0n) is 13.7. The Morgan fingerprint density at radius 3 is 2.75 bits per heavy atom. The highest BCUT2D eigenvalue weighted by Crippen LogP contribution is 2.31. The fraction of sp³-hybridized carbons (Fsp3) is 0.158. The van der Waals surface area contributed by atoms with Gasteiger partial charge in [0, 0.05) is 10.4 Å². The van der Waals surface area contributed by atoms with E-state index < -0.39 is 0 Å². The van der Waals surface area contributed by atoms with Crippen LogP contribution in [-0.2, 0) is 6.42 Å². The summed E-state index contributed by atoms with van der Waals surface area (Å²) in [5.41, 5.74) is 6.17. The van der Waals surface area contributed by atoms with Crippen LogP contribution in [0.25, 0.3) is 11.3 Å². The van der Waals surface area contributed by atoms with Crippen molar-refractivity contribution in [2.45, 2.75) is 13.3 Å². The van der Waals surface area contributed by atoms with E-state index in [-0.39, 0.29) is 0 Å². The number of thiazole rings is 1. The number of rotatable bonds is 6. The van der Waals surface area contributed by atoms with E-state index in [9.17, 15) is 0 Å². The molecule has 1 heterocycles. The van der Waals surface area contributed by atoms with Gasteiger partial charge in [-0.1, -0.05) is 60.7 Å². The number of nitrogens with one attached hydrogen (secondary N) is 1. The van der Waals surface area contributed by atoms with E-state index >= 15 is 0 Å². The van der Waals surface area contributed by atoms with Gasteiger partial charge in [-0.3, -0.25) is 5.43 Å². The number of aromatic nitrogens is 1. The molecule has 3 aromatic rings. The summed E-state index contributed by atoms with van der Waals surface area (Å²) in [6.07, 6.45) is 2.71. The van der Waals surface area contributed by atoms with Crippen molar-refractivity contribution in [2.24, 2.45) is 5.10 Å². The third kappa shape index (κ3) is 3.81. The number of methoxy groups -OCH3 is 1. The molecule has 0 atom stereocenters. The number of benzene rings is 2. The number of ether oxygens (including phenoxy) is 1. The van der Waals surface area contributed by atoms with Crippen molar-refractivity contribution in [3.8, 4) is 17.0 Å². The van der Waals surface area contributed by atoms with Crippen LogP contribution in [0.5, 0.6) is 5.75 Å². The van der Waals surface area contributed by atoms with Gasteiger partial charge in [-0.05, 0) is 24.1 Å². The number of hydrazone groups is 1. The SMILES string of the molecule is CCc1sc(NN=Cc2cccc(OC)c2)nc1-c1ccccc1. The van der Waals surface area contributed by atoms with E-state index in [1.54, 1.807) is 24.7 Å². The predicted molar refractivity (Wildman–Crippen MR) is 101 cm³/mol. The zero-order chi connectivity index (χ0) is 16.8. The minimum absolute atomic E-state index is 0.796.